The Labute approximate surface area is 204 Å². The maximum absolute atomic E-state index is 12.6. The van der Waals surface area contributed by atoms with Crippen LogP contribution in [0.15, 0.2) is 71.7 Å². The van der Waals surface area contributed by atoms with Gasteiger partial charge in [-0.25, -0.2) is 0 Å². The zero-order valence-corrected chi connectivity index (χ0v) is 20.3. The standard InChI is InChI=1S/C26H28N2O3S2/c1-2-31-22-17-15-21(16-18-22)27-24(29)14-7-4-8-19-28-25(30)23(33-26(28)32)13-9-12-20-10-5-3-6-11-20/h3,5-6,9-13,15-18H,2,4,7-8,14,19H2,1H3,(H,27,29)/b12-9+,23-13-. The summed E-state index contributed by atoms with van der Waals surface area (Å²) in [5.41, 5.74) is 1.84. The molecule has 5 nitrogen and oxygen atoms in total. The lowest BCUT2D eigenvalue weighted by Gasteiger charge is -2.14. The second-order valence-corrected chi connectivity index (χ2v) is 9.12. The number of thiocarbonyl (C=S) groups is 1. The van der Waals surface area contributed by atoms with Gasteiger partial charge < -0.3 is 10.1 Å². The highest BCUT2D eigenvalue weighted by Gasteiger charge is 2.30. The molecule has 172 valence electrons. The minimum atomic E-state index is -0.0454. The number of benzene rings is 2. The summed E-state index contributed by atoms with van der Waals surface area (Å²) in [6.07, 6.45) is 8.51. The number of thioether (sulfide) groups is 1. The van der Waals surface area contributed by atoms with E-state index in [4.69, 9.17) is 17.0 Å². The Hall–Kier alpha value is -2.90. The third kappa shape index (κ3) is 7.87. The molecule has 3 rings (SSSR count). The predicted molar refractivity (Wildman–Crippen MR) is 140 cm³/mol. The number of anilines is 1. The molecule has 1 heterocycles. The monoisotopic (exact) mass is 480 g/mol. The number of amides is 2. The first-order valence-electron chi connectivity index (χ1n) is 11.1. The molecule has 0 saturated carbocycles. The van der Waals surface area contributed by atoms with Crippen LogP contribution in [0.2, 0.25) is 0 Å². The first-order valence-corrected chi connectivity index (χ1v) is 12.3. The van der Waals surface area contributed by atoms with Crippen LogP contribution in [0.3, 0.4) is 0 Å². The molecule has 0 atom stereocenters. The van der Waals surface area contributed by atoms with Crippen LogP contribution in [-0.2, 0) is 9.59 Å². The van der Waals surface area contributed by atoms with Crippen molar-refractivity contribution < 1.29 is 14.3 Å². The minimum absolute atomic E-state index is 0.0158. The van der Waals surface area contributed by atoms with Crippen LogP contribution >= 0.6 is 24.0 Å². The van der Waals surface area contributed by atoms with Crippen molar-refractivity contribution >= 4 is 51.9 Å². The number of carbonyl (C=O) groups is 2. The number of nitrogens with zero attached hydrogens (tertiary/aromatic N) is 1. The Balaban J connectivity index is 1.36. The van der Waals surface area contributed by atoms with Crippen molar-refractivity contribution in [2.75, 3.05) is 18.5 Å². The number of nitrogens with one attached hydrogen (secondary N) is 1. The molecule has 1 fully saturated rings. The number of hydrogen-bond acceptors (Lipinski definition) is 5. The average Bonchev–Trinajstić information content (AvgIpc) is 3.08. The summed E-state index contributed by atoms with van der Waals surface area (Å²) in [5, 5.41) is 2.90. The molecule has 2 amide bonds. The molecular formula is C26H28N2O3S2. The van der Waals surface area contributed by atoms with Gasteiger partial charge in [-0.1, -0.05) is 72.9 Å². The Kier molecular flexibility index (Phi) is 9.72. The van der Waals surface area contributed by atoms with E-state index >= 15 is 0 Å². The van der Waals surface area contributed by atoms with E-state index in [0.717, 1.165) is 36.3 Å². The number of carbonyl (C=O) groups excluding carboxylic acids is 2. The number of rotatable bonds is 11. The van der Waals surface area contributed by atoms with Gasteiger partial charge in [0.2, 0.25) is 5.91 Å². The second-order valence-electron chi connectivity index (χ2n) is 7.44. The Morgan fingerprint density at radius 1 is 1.09 bits per heavy atom. The van der Waals surface area contributed by atoms with Crippen molar-refractivity contribution in [2.24, 2.45) is 0 Å². The van der Waals surface area contributed by atoms with Gasteiger partial charge in [-0.05, 0) is 55.7 Å². The van der Waals surface area contributed by atoms with Gasteiger partial charge in [-0.15, -0.1) is 0 Å². The van der Waals surface area contributed by atoms with Crippen LogP contribution in [0.25, 0.3) is 6.08 Å². The van der Waals surface area contributed by atoms with Crippen molar-refractivity contribution in [1.29, 1.82) is 0 Å². The molecular weight excluding hydrogens is 452 g/mol. The molecule has 1 aliphatic rings. The molecule has 1 aliphatic heterocycles. The van der Waals surface area contributed by atoms with Crippen LogP contribution in [0.5, 0.6) is 5.75 Å². The maximum atomic E-state index is 12.6. The molecule has 0 aromatic heterocycles. The van der Waals surface area contributed by atoms with E-state index in [1.54, 1.807) is 4.90 Å². The van der Waals surface area contributed by atoms with Gasteiger partial charge in [-0.3, -0.25) is 14.5 Å². The predicted octanol–water partition coefficient (Wildman–Crippen LogP) is 6.04. The van der Waals surface area contributed by atoms with E-state index < -0.39 is 0 Å². The third-order valence-corrected chi connectivity index (χ3v) is 6.34. The van der Waals surface area contributed by atoms with E-state index in [1.165, 1.54) is 11.8 Å². The zero-order valence-electron chi connectivity index (χ0n) is 18.7. The molecule has 1 N–H and O–H groups in total. The van der Waals surface area contributed by atoms with Gasteiger partial charge >= 0.3 is 0 Å². The Bertz CT molecular complexity index is 1020. The van der Waals surface area contributed by atoms with Gasteiger partial charge in [-0.2, -0.15) is 0 Å². The van der Waals surface area contributed by atoms with E-state index in [9.17, 15) is 9.59 Å². The molecule has 0 bridgehead atoms. The quantitative estimate of drug-likeness (QED) is 0.241. The largest absolute Gasteiger partial charge is 0.494 e. The molecule has 1 saturated heterocycles. The number of ether oxygens (including phenoxy) is 1. The fourth-order valence-electron chi connectivity index (χ4n) is 3.27. The highest BCUT2D eigenvalue weighted by Crippen LogP contribution is 2.31. The van der Waals surface area contributed by atoms with E-state index in [0.29, 0.717) is 28.8 Å². The molecule has 7 heteroatoms. The van der Waals surface area contributed by atoms with Gasteiger partial charge in [0, 0.05) is 18.7 Å². The summed E-state index contributed by atoms with van der Waals surface area (Å²) in [5.74, 6) is 0.724. The lowest BCUT2D eigenvalue weighted by atomic mass is 10.1. The fraction of sp³-hybridized carbons (Fsp3) is 0.269. The zero-order chi connectivity index (χ0) is 23.5. The van der Waals surface area contributed by atoms with Crippen LogP contribution < -0.4 is 10.1 Å². The van der Waals surface area contributed by atoms with Gasteiger partial charge in [0.15, 0.2) is 0 Å². The maximum Gasteiger partial charge on any atom is 0.266 e. The van der Waals surface area contributed by atoms with E-state index in [-0.39, 0.29) is 11.8 Å². The summed E-state index contributed by atoms with van der Waals surface area (Å²) >= 11 is 6.72. The molecule has 0 spiro atoms. The molecule has 0 aliphatic carbocycles. The highest BCUT2D eigenvalue weighted by molar-refractivity contribution is 8.26. The van der Waals surface area contributed by atoms with Crippen LogP contribution in [0.4, 0.5) is 5.69 Å². The summed E-state index contributed by atoms with van der Waals surface area (Å²) in [7, 11) is 0. The van der Waals surface area contributed by atoms with Crippen molar-refractivity contribution in [3.05, 3.63) is 77.2 Å². The second kappa shape index (κ2) is 13.0. The SMILES string of the molecule is CCOc1ccc(NC(=O)CCCCCN2C(=O)/C(=C/C=C/c3ccccc3)SC2=S)cc1. The molecule has 33 heavy (non-hydrogen) atoms. The molecule has 0 unspecified atom stereocenters. The summed E-state index contributed by atoms with van der Waals surface area (Å²) < 4.78 is 5.99. The van der Waals surface area contributed by atoms with E-state index in [2.05, 4.69) is 5.32 Å². The third-order valence-electron chi connectivity index (χ3n) is 4.94. The fourth-order valence-corrected chi connectivity index (χ4v) is 4.53. The van der Waals surface area contributed by atoms with Crippen molar-refractivity contribution in [1.82, 2.24) is 4.90 Å². The van der Waals surface area contributed by atoms with Gasteiger partial charge in [0.1, 0.15) is 10.1 Å². The average molecular weight is 481 g/mol. The smallest absolute Gasteiger partial charge is 0.266 e. The Morgan fingerprint density at radius 3 is 2.58 bits per heavy atom. The lowest BCUT2D eigenvalue weighted by molar-refractivity contribution is -0.122. The van der Waals surface area contributed by atoms with Crippen molar-refractivity contribution in [3.63, 3.8) is 0 Å². The van der Waals surface area contributed by atoms with Crippen LogP contribution in [0.1, 0.15) is 38.2 Å². The highest BCUT2D eigenvalue weighted by atomic mass is 32.2. The first-order chi connectivity index (χ1) is 16.1. The molecule has 2 aromatic carbocycles. The van der Waals surface area contributed by atoms with Gasteiger partial charge in [0.05, 0.1) is 11.5 Å². The van der Waals surface area contributed by atoms with Crippen LogP contribution in [0, 0.1) is 0 Å². The first kappa shape index (κ1) is 24.7. The van der Waals surface area contributed by atoms with E-state index in [1.807, 2.05) is 79.7 Å². The molecule has 0 radical (unpaired) electrons. The van der Waals surface area contributed by atoms with Crippen molar-refractivity contribution in [3.8, 4) is 5.75 Å². The minimum Gasteiger partial charge on any atom is -0.494 e. The summed E-state index contributed by atoms with van der Waals surface area (Å²) in [4.78, 5) is 27.1. The van der Waals surface area contributed by atoms with Crippen LogP contribution in [-0.4, -0.2) is 34.2 Å². The molecule has 2 aromatic rings. The number of hydrogen-bond donors (Lipinski definition) is 1. The summed E-state index contributed by atoms with van der Waals surface area (Å²) in [6, 6.07) is 17.3. The van der Waals surface area contributed by atoms with Gasteiger partial charge in [0.25, 0.3) is 5.91 Å². The lowest BCUT2D eigenvalue weighted by Crippen LogP contribution is -2.29. The summed E-state index contributed by atoms with van der Waals surface area (Å²) in [6.45, 7) is 3.12. The normalized spacial score (nSPS) is 14.9. The number of unbranched alkanes of at least 4 members (excludes halogenated alkanes) is 2. The van der Waals surface area contributed by atoms with Crippen molar-refractivity contribution in [2.45, 2.75) is 32.6 Å². The topological polar surface area (TPSA) is 58.6 Å². The number of allylic oxidation sites excluding steroid dienone is 2. The Morgan fingerprint density at radius 2 is 1.85 bits per heavy atom.